The first-order valence-corrected chi connectivity index (χ1v) is 8.18. The Morgan fingerprint density at radius 2 is 1.52 bits per heavy atom. The Bertz CT molecular complexity index is 735. The molecular weight excluding hydrogens is 323 g/mol. The Labute approximate surface area is 146 Å². The van der Waals surface area contributed by atoms with Gasteiger partial charge in [-0.3, -0.25) is 9.59 Å². The molecule has 2 aromatic rings. The maximum Gasteiger partial charge on any atom is 0.324 e. The van der Waals surface area contributed by atoms with Gasteiger partial charge in [-0.05, 0) is 55.2 Å². The molecule has 25 heavy (non-hydrogen) atoms. The molecule has 2 aromatic carbocycles. The van der Waals surface area contributed by atoms with Crippen molar-refractivity contribution < 1.29 is 23.5 Å². The van der Waals surface area contributed by atoms with Crippen molar-refractivity contribution in [1.29, 1.82) is 0 Å². The minimum absolute atomic E-state index is 0.159. The van der Waals surface area contributed by atoms with E-state index in [1.54, 1.807) is 38.1 Å². The summed E-state index contributed by atoms with van der Waals surface area (Å²) < 4.78 is 23.4. The molecule has 4 nitrogen and oxygen atoms in total. The fourth-order valence-corrected chi connectivity index (χ4v) is 2.74. The molecule has 132 valence electrons. The predicted molar refractivity (Wildman–Crippen MR) is 92.6 cm³/mol. The third-order valence-electron chi connectivity index (χ3n) is 3.79. The Morgan fingerprint density at radius 1 is 0.960 bits per heavy atom. The molecule has 0 bridgehead atoms. The standard InChI is InChI=1S/C20H21FO4/c1-4-24-19(22)18(20(23)25-5-2)16-8-6-7-13(3)17(16)14-9-11-15(21)12-10-14/h6-12,18H,4-5H2,1-3H3. The van der Waals surface area contributed by atoms with Crippen LogP contribution in [-0.2, 0) is 19.1 Å². The summed E-state index contributed by atoms with van der Waals surface area (Å²) in [7, 11) is 0. The van der Waals surface area contributed by atoms with Crippen LogP contribution in [0.3, 0.4) is 0 Å². The van der Waals surface area contributed by atoms with Gasteiger partial charge < -0.3 is 9.47 Å². The molecule has 0 saturated heterocycles. The number of benzene rings is 2. The second-order valence-electron chi connectivity index (χ2n) is 5.48. The smallest absolute Gasteiger partial charge is 0.324 e. The van der Waals surface area contributed by atoms with Gasteiger partial charge in [-0.15, -0.1) is 0 Å². The number of rotatable bonds is 6. The van der Waals surface area contributed by atoms with Gasteiger partial charge in [0, 0.05) is 0 Å². The molecule has 0 aromatic heterocycles. The molecule has 0 saturated carbocycles. The third-order valence-corrected chi connectivity index (χ3v) is 3.79. The first-order valence-electron chi connectivity index (χ1n) is 8.18. The summed E-state index contributed by atoms with van der Waals surface area (Å²) in [5.74, 6) is -2.85. The lowest BCUT2D eigenvalue weighted by Crippen LogP contribution is -2.27. The van der Waals surface area contributed by atoms with Gasteiger partial charge in [0.1, 0.15) is 5.82 Å². The second kappa shape index (κ2) is 8.42. The van der Waals surface area contributed by atoms with Crippen molar-refractivity contribution in [2.75, 3.05) is 13.2 Å². The third kappa shape index (κ3) is 4.24. The zero-order valence-corrected chi connectivity index (χ0v) is 14.5. The summed E-state index contributed by atoms with van der Waals surface area (Å²) in [6.07, 6.45) is 0. The van der Waals surface area contributed by atoms with Crippen LogP contribution in [0.5, 0.6) is 0 Å². The van der Waals surface area contributed by atoms with Gasteiger partial charge in [0.05, 0.1) is 13.2 Å². The number of ether oxygens (including phenoxy) is 2. The van der Waals surface area contributed by atoms with Crippen molar-refractivity contribution in [2.24, 2.45) is 0 Å². The van der Waals surface area contributed by atoms with E-state index < -0.39 is 17.9 Å². The number of carbonyl (C=O) groups is 2. The van der Waals surface area contributed by atoms with E-state index in [9.17, 15) is 14.0 Å². The molecule has 0 aliphatic carbocycles. The molecule has 0 amide bonds. The molecule has 0 atom stereocenters. The quantitative estimate of drug-likeness (QED) is 0.587. The monoisotopic (exact) mass is 344 g/mol. The first kappa shape index (κ1) is 18.6. The van der Waals surface area contributed by atoms with Gasteiger partial charge in [0.2, 0.25) is 0 Å². The van der Waals surface area contributed by atoms with Gasteiger partial charge in [-0.1, -0.05) is 30.3 Å². The van der Waals surface area contributed by atoms with Gasteiger partial charge in [0.25, 0.3) is 0 Å². The zero-order valence-electron chi connectivity index (χ0n) is 14.5. The fourth-order valence-electron chi connectivity index (χ4n) is 2.74. The molecule has 2 rings (SSSR count). The Morgan fingerprint density at radius 3 is 2.04 bits per heavy atom. The van der Waals surface area contributed by atoms with Crippen LogP contribution in [0.15, 0.2) is 42.5 Å². The minimum Gasteiger partial charge on any atom is -0.465 e. The average molecular weight is 344 g/mol. The summed E-state index contributed by atoms with van der Waals surface area (Å²) in [4.78, 5) is 24.9. The normalized spacial score (nSPS) is 10.6. The van der Waals surface area contributed by atoms with E-state index in [0.717, 1.165) is 5.56 Å². The van der Waals surface area contributed by atoms with Crippen LogP contribution in [0.25, 0.3) is 11.1 Å². The van der Waals surface area contributed by atoms with Crippen molar-refractivity contribution >= 4 is 11.9 Å². The molecule has 0 spiro atoms. The van der Waals surface area contributed by atoms with E-state index >= 15 is 0 Å². The maximum absolute atomic E-state index is 13.3. The number of halogens is 1. The Balaban J connectivity index is 2.61. The maximum atomic E-state index is 13.3. The number of hydrogen-bond acceptors (Lipinski definition) is 4. The van der Waals surface area contributed by atoms with Crippen LogP contribution in [0.2, 0.25) is 0 Å². The minimum atomic E-state index is -1.18. The lowest BCUT2D eigenvalue weighted by molar-refractivity contribution is -0.156. The summed E-state index contributed by atoms with van der Waals surface area (Å²) in [6, 6.07) is 11.3. The van der Waals surface area contributed by atoms with E-state index in [1.807, 2.05) is 13.0 Å². The van der Waals surface area contributed by atoms with Gasteiger partial charge in [-0.25, -0.2) is 4.39 Å². The van der Waals surface area contributed by atoms with E-state index in [4.69, 9.17) is 9.47 Å². The largest absolute Gasteiger partial charge is 0.465 e. The molecule has 5 heteroatoms. The fraction of sp³-hybridized carbons (Fsp3) is 0.300. The number of hydrogen-bond donors (Lipinski definition) is 0. The second-order valence-corrected chi connectivity index (χ2v) is 5.48. The first-order chi connectivity index (χ1) is 12.0. The lowest BCUT2D eigenvalue weighted by atomic mass is 9.87. The Kier molecular flexibility index (Phi) is 6.28. The zero-order chi connectivity index (χ0) is 18.4. The lowest BCUT2D eigenvalue weighted by Gasteiger charge is -2.19. The summed E-state index contributed by atoms with van der Waals surface area (Å²) >= 11 is 0. The SMILES string of the molecule is CCOC(=O)C(C(=O)OCC)c1cccc(C)c1-c1ccc(F)cc1. The molecule has 0 N–H and O–H groups in total. The van der Waals surface area contributed by atoms with Crippen molar-refractivity contribution in [2.45, 2.75) is 26.7 Å². The van der Waals surface area contributed by atoms with Crippen molar-refractivity contribution in [3.63, 3.8) is 0 Å². The van der Waals surface area contributed by atoms with Crippen molar-refractivity contribution in [1.82, 2.24) is 0 Å². The van der Waals surface area contributed by atoms with Crippen LogP contribution in [0.1, 0.15) is 30.9 Å². The molecule has 0 aliphatic rings. The summed E-state index contributed by atoms with van der Waals surface area (Å²) in [6.45, 7) is 5.54. The highest BCUT2D eigenvalue weighted by molar-refractivity contribution is 6.02. The average Bonchev–Trinajstić information content (AvgIpc) is 2.57. The van der Waals surface area contributed by atoms with Crippen molar-refractivity contribution in [3.8, 4) is 11.1 Å². The van der Waals surface area contributed by atoms with Crippen LogP contribution in [0.4, 0.5) is 4.39 Å². The van der Waals surface area contributed by atoms with E-state index in [1.165, 1.54) is 12.1 Å². The topological polar surface area (TPSA) is 52.6 Å². The summed E-state index contributed by atoms with van der Waals surface area (Å²) in [5, 5.41) is 0. The molecule has 0 unspecified atom stereocenters. The van der Waals surface area contributed by atoms with Crippen LogP contribution >= 0.6 is 0 Å². The van der Waals surface area contributed by atoms with Gasteiger partial charge in [0.15, 0.2) is 5.92 Å². The van der Waals surface area contributed by atoms with E-state index in [0.29, 0.717) is 16.7 Å². The molecule has 0 fully saturated rings. The van der Waals surface area contributed by atoms with E-state index in [-0.39, 0.29) is 19.0 Å². The van der Waals surface area contributed by atoms with Crippen LogP contribution in [-0.4, -0.2) is 25.2 Å². The molecular formula is C20H21FO4. The number of aryl methyl sites for hydroxylation is 1. The molecule has 0 radical (unpaired) electrons. The van der Waals surface area contributed by atoms with Crippen LogP contribution < -0.4 is 0 Å². The highest BCUT2D eigenvalue weighted by atomic mass is 19.1. The highest BCUT2D eigenvalue weighted by Crippen LogP contribution is 2.34. The molecule has 0 heterocycles. The Hall–Kier alpha value is -2.69. The van der Waals surface area contributed by atoms with Crippen LogP contribution in [0, 0.1) is 12.7 Å². The van der Waals surface area contributed by atoms with Gasteiger partial charge in [-0.2, -0.15) is 0 Å². The number of carbonyl (C=O) groups excluding carboxylic acids is 2. The molecule has 0 aliphatic heterocycles. The van der Waals surface area contributed by atoms with E-state index in [2.05, 4.69) is 0 Å². The predicted octanol–water partition coefficient (Wildman–Crippen LogP) is 4.01. The summed E-state index contributed by atoms with van der Waals surface area (Å²) in [5.41, 5.74) is 2.77. The number of esters is 2. The highest BCUT2D eigenvalue weighted by Gasteiger charge is 2.33. The van der Waals surface area contributed by atoms with Gasteiger partial charge >= 0.3 is 11.9 Å². The van der Waals surface area contributed by atoms with Crippen molar-refractivity contribution in [3.05, 3.63) is 59.4 Å².